The van der Waals surface area contributed by atoms with Crippen molar-refractivity contribution in [3.8, 4) is 0 Å². The van der Waals surface area contributed by atoms with Crippen LogP contribution in [0.3, 0.4) is 0 Å². The van der Waals surface area contributed by atoms with Crippen LogP contribution in [-0.2, 0) is 6.54 Å². The standard InChI is InChI=1S/C10H13Cl2N3O/c11-8-2-1-7(5-9(8)12)6-15(4-3-13)10(14)16/h1-2,5H,3-4,6,13H2,(H2,14,16). The Bertz CT molecular complexity index is 384. The molecular formula is C10H13Cl2N3O. The van der Waals surface area contributed by atoms with Gasteiger partial charge in [0.05, 0.1) is 10.0 Å². The predicted octanol–water partition coefficient (Wildman–Crippen LogP) is 1.83. The van der Waals surface area contributed by atoms with E-state index >= 15 is 0 Å². The van der Waals surface area contributed by atoms with Gasteiger partial charge in [-0.1, -0.05) is 29.3 Å². The van der Waals surface area contributed by atoms with Gasteiger partial charge >= 0.3 is 6.03 Å². The van der Waals surface area contributed by atoms with Gasteiger partial charge in [-0.2, -0.15) is 0 Å². The Morgan fingerprint density at radius 1 is 1.31 bits per heavy atom. The molecule has 0 saturated carbocycles. The number of primary amides is 1. The van der Waals surface area contributed by atoms with Crippen LogP contribution in [0.5, 0.6) is 0 Å². The first-order chi connectivity index (χ1) is 7.54. The number of carbonyl (C=O) groups is 1. The topological polar surface area (TPSA) is 72.3 Å². The Balaban J connectivity index is 2.77. The monoisotopic (exact) mass is 261 g/mol. The van der Waals surface area contributed by atoms with Crippen molar-refractivity contribution in [2.24, 2.45) is 11.5 Å². The Morgan fingerprint density at radius 3 is 2.50 bits per heavy atom. The second-order valence-electron chi connectivity index (χ2n) is 3.30. The highest BCUT2D eigenvalue weighted by Crippen LogP contribution is 2.23. The zero-order valence-electron chi connectivity index (χ0n) is 8.62. The highest BCUT2D eigenvalue weighted by Gasteiger charge is 2.09. The Labute approximate surface area is 104 Å². The van der Waals surface area contributed by atoms with Crippen molar-refractivity contribution in [1.82, 2.24) is 4.90 Å². The van der Waals surface area contributed by atoms with Gasteiger partial charge in [0.1, 0.15) is 0 Å². The summed E-state index contributed by atoms with van der Waals surface area (Å²) in [7, 11) is 0. The third-order valence-corrected chi connectivity index (χ3v) is 2.81. The molecule has 6 heteroatoms. The number of urea groups is 1. The van der Waals surface area contributed by atoms with Crippen LogP contribution < -0.4 is 11.5 Å². The van der Waals surface area contributed by atoms with E-state index in [-0.39, 0.29) is 0 Å². The first kappa shape index (κ1) is 13.1. The molecule has 1 rings (SSSR count). The summed E-state index contributed by atoms with van der Waals surface area (Å²) in [5, 5.41) is 0.936. The molecule has 0 spiro atoms. The van der Waals surface area contributed by atoms with E-state index < -0.39 is 6.03 Å². The molecule has 2 amide bonds. The van der Waals surface area contributed by atoms with E-state index in [2.05, 4.69) is 0 Å². The number of halogens is 2. The van der Waals surface area contributed by atoms with E-state index in [0.29, 0.717) is 29.7 Å². The summed E-state index contributed by atoms with van der Waals surface area (Å²) in [5.74, 6) is 0. The smallest absolute Gasteiger partial charge is 0.315 e. The second kappa shape index (κ2) is 5.94. The van der Waals surface area contributed by atoms with Gasteiger partial charge < -0.3 is 16.4 Å². The highest BCUT2D eigenvalue weighted by atomic mass is 35.5. The van der Waals surface area contributed by atoms with Crippen LogP contribution in [0.1, 0.15) is 5.56 Å². The SMILES string of the molecule is NCCN(Cc1ccc(Cl)c(Cl)c1)C(N)=O. The molecule has 4 N–H and O–H groups in total. The number of carbonyl (C=O) groups excluding carboxylic acids is 1. The van der Waals surface area contributed by atoms with E-state index in [1.807, 2.05) is 0 Å². The lowest BCUT2D eigenvalue weighted by Crippen LogP contribution is -2.38. The van der Waals surface area contributed by atoms with E-state index in [0.717, 1.165) is 5.56 Å². The van der Waals surface area contributed by atoms with Crippen LogP contribution in [-0.4, -0.2) is 24.0 Å². The van der Waals surface area contributed by atoms with Gasteiger partial charge in [0.25, 0.3) is 0 Å². The zero-order chi connectivity index (χ0) is 12.1. The fraction of sp³-hybridized carbons (Fsp3) is 0.300. The van der Waals surface area contributed by atoms with Crippen molar-refractivity contribution in [3.05, 3.63) is 33.8 Å². The molecule has 0 radical (unpaired) electrons. The number of nitrogens with two attached hydrogens (primary N) is 2. The third kappa shape index (κ3) is 3.56. The van der Waals surface area contributed by atoms with Gasteiger partial charge in [-0.25, -0.2) is 4.79 Å². The number of benzene rings is 1. The van der Waals surface area contributed by atoms with Crippen molar-refractivity contribution in [2.45, 2.75) is 6.54 Å². The van der Waals surface area contributed by atoms with Crippen LogP contribution in [0.15, 0.2) is 18.2 Å². The largest absolute Gasteiger partial charge is 0.351 e. The number of hydrogen-bond acceptors (Lipinski definition) is 2. The zero-order valence-corrected chi connectivity index (χ0v) is 10.1. The molecule has 16 heavy (non-hydrogen) atoms. The summed E-state index contributed by atoms with van der Waals surface area (Å²) >= 11 is 11.6. The van der Waals surface area contributed by atoms with Crippen molar-refractivity contribution in [3.63, 3.8) is 0 Å². The molecule has 0 bridgehead atoms. The maximum Gasteiger partial charge on any atom is 0.315 e. The van der Waals surface area contributed by atoms with Crippen LogP contribution in [0, 0.1) is 0 Å². The molecule has 0 saturated heterocycles. The minimum Gasteiger partial charge on any atom is -0.351 e. The molecule has 4 nitrogen and oxygen atoms in total. The molecule has 1 aromatic carbocycles. The van der Waals surface area contributed by atoms with Gasteiger partial charge in [0.2, 0.25) is 0 Å². The normalized spacial score (nSPS) is 10.2. The fourth-order valence-corrected chi connectivity index (χ4v) is 1.60. The molecule has 0 aliphatic carbocycles. The highest BCUT2D eigenvalue weighted by molar-refractivity contribution is 6.42. The molecule has 0 aliphatic rings. The van der Waals surface area contributed by atoms with Crippen LogP contribution in [0.25, 0.3) is 0 Å². The van der Waals surface area contributed by atoms with E-state index in [1.54, 1.807) is 18.2 Å². The van der Waals surface area contributed by atoms with E-state index in [1.165, 1.54) is 4.90 Å². The van der Waals surface area contributed by atoms with E-state index in [9.17, 15) is 4.79 Å². The van der Waals surface area contributed by atoms with Crippen LogP contribution >= 0.6 is 23.2 Å². The van der Waals surface area contributed by atoms with Gasteiger partial charge in [0, 0.05) is 19.6 Å². The lowest BCUT2D eigenvalue weighted by atomic mass is 10.2. The number of nitrogens with zero attached hydrogens (tertiary/aromatic N) is 1. The third-order valence-electron chi connectivity index (χ3n) is 2.07. The molecule has 1 aromatic rings. The minimum atomic E-state index is -0.503. The van der Waals surface area contributed by atoms with E-state index in [4.69, 9.17) is 34.7 Å². The number of rotatable bonds is 4. The van der Waals surface area contributed by atoms with Gasteiger partial charge in [-0.3, -0.25) is 0 Å². The van der Waals surface area contributed by atoms with Crippen molar-refractivity contribution < 1.29 is 4.79 Å². The molecular weight excluding hydrogens is 249 g/mol. The summed E-state index contributed by atoms with van der Waals surface area (Å²) in [4.78, 5) is 12.5. The maximum absolute atomic E-state index is 11.1. The summed E-state index contributed by atoms with van der Waals surface area (Å²) in [6.07, 6.45) is 0. The van der Waals surface area contributed by atoms with Crippen LogP contribution in [0.4, 0.5) is 4.79 Å². The van der Waals surface area contributed by atoms with Crippen molar-refractivity contribution in [2.75, 3.05) is 13.1 Å². The molecule has 0 heterocycles. The summed E-state index contributed by atoms with van der Waals surface area (Å²) in [5.41, 5.74) is 11.5. The number of amides is 2. The Hall–Kier alpha value is -0.970. The quantitative estimate of drug-likeness (QED) is 0.868. The fourth-order valence-electron chi connectivity index (χ4n) is 1.28. The number of hydrogen-bond donors (Lipinski definition) is 2. The molecule has 0 atom stereocenters. The lowest BCUT2D eigenvalue weighted by molar-refractivity contribution is 0.206. The maximum atomic E-state index is 11.1. The minimum absolute atomic E-state index is 0.365. The Kier molecular flexibility index (Phi) is 4.86. The molecule has 0 unspecified atom stereocenters. The molecule has 0 aromatic heterocycles. The summed E-state index contributed by atoms with van der Waals surface area (Å²) in [6, 6.07) is 4.68. The molecule has 0 aliphatic heterocycles. The first-order valence-corrected chi connectivity index (χ1v) is 5.48. The molecule has 88 valence electrons. The summed E-state index contributed by atoms with van der Waals surface area (Å²) in [6.45, 7) is 1.16. The molecule has 0 fully saturated rings. The lowest BCUT2D eigenvalue weighted by Gasteiger charge is -2.19. The van der Waals surface area contributed by atoms with Gasteiger partial charge in [-0.15, -0.1) is 0 Å². The summed E-state index contributed by atoms with van der Waals surface area (Å²) < 4.78 is 0. The average molecular weight is 262 g/mol. The van der Waals surface area contributed by atoms with Gasteiger partial charge in [0.15, 0.2) is 0 Å². The Morgan fingerprint density at radius 2 is 2.00 bits per heavy atom. The second-order valence-corrected chi connectivity index (χ2v) is 4.11. The van der Waals surface area contributed by atoms with Gasteiger partial charge in [-0.05, 0) is 17.7 Å². The van der Waals surface area contributed by atoms with Crippen molar-refractivity contribution in [1.29, 1.82) is 0 Å². The first-order valence-electron chi connectivity index (χ1n) is 4.73. The predicted molar refractivity (Wildman–Crippen MR) is 65.5 cm³/mol. The van der Waals surface area contributed by atoms with Crippen molar-refractivity contribution >= 4 is 29.2 Å². The van der Waals surface area contributed by atoms with Crippen LogP contribution in [0.2, 0.25) is 10.0 Å². The average Bonchev–Trinajstić information content (AvgIpc) is 2.22.